The molecule has 7 nitrogen and oxygen atoms in total. The van der Waals surface area contributed by atoms with Gasteiger partial charge in [-0.1, -0.05) is 0 Å². The molecule has 1 aromatic carbocycles. The van der Waals surface area contributed by atoms with Gasteiger partial charge in [-0.15, -0.1) is 0 Å². The molecule has 1 atom stereocenters. The molecule has 3 rings (SSSR count). The van der Waals surface area contributed by atoms with Crippen LogP contribution in [0.2, 0.25) is 0 Å². The molecule has 2 aliphatic heterocycles. The van der Waals surface area contributed by atoms with Crippen LogP contribution >= 0.6 is 11.8 Å². The first-order valence-electron chi connectivity index (χ1n) is 7.86. The molecule has 0 radical (unpaired) electrons. The van der Waals surface area contributed by atoms with Gasteiger partial charge in [0.1, 0.15) is 11.9 Å². The fourth-order valence-electron chi connectivity index (χ4n) is 2.75. The molecule has 0 unspecified atom stereocenters. The molecule has 2 saturated heterocycles. The van der Waals surface area contributed by atoms with E-state index in [0.29, 0.717) is 18.0 Å². The van der Waals surface area contributed by atoms with Crippen LogP contribution in [-0.4, -0.2) is 55.2 Å². The van der Waals surface area contributed by atoms with E-state index in [0.717, 1.165) is 5.75 Å². The summed E-state index contributed by atoms with van der Waals surface area (Å²) in [6.45, 7) is 2.27. The van der Waals surface area contributed by atoms with Crippen LogP contribution in [0.3, 0.4) is 0 Å². The summed E-state index contributed by atoms with van der Waals surface area (Å²) in [6, 6.07) is 4.33. The van der Waals surface area contributed by atoms with Gasteiger partial charge in [0.05, 0.1) is 30.2 Å². The van der Waals surface area contributed by atoms with Gasteiger partial charge in [0.25, 0.3) is 0 Å². The Labute approximate surface area is 148 Å². The van der Waals surface area contributed by atoms with Crippen LogP contribution in [0.1, 0.15) is 6.92 Å². The molecule has 134 valence electrons. The summed E-state index contributed by atoms with van der Waals surface area (Å²) in [4.78, 5) is 37.6. The molecule has 25 heavy (non-hydrogen) atoms. The minimum atomic E-state index is -0.590. The molecule has 2 aliphatic rings. The Kier molecular flexibility index (Phi) is 5.12. The van der Waals surface area contributed by atoms with Crippen molar-refractivity contribution in [1.82, 2.24) is 5.32 Å². The number of hydrogen-bond acceptors (Lipinski definition) is 5. The van der Waals surface area contributed by atoms with Gasteiger partial charge in [-0.3, -0.25) is 14.5 Å². The quantitative estimate of drug-likeness (QED) is 0.870. The Morgan fingerprint density at radius 2 is 2.20 bits per heavy atom. The first kappa shape index (κ1) is 17.5. The Morgan fingerprint density at radius 3 is 2.88 bits per heavy atom. The van der Waals surface area contributed by atoms with E-state index in [-0.39, 0.29) is 30.6 Å². The molecule has 0 saturated carbocycles. The van der Waals surface area contributed by atoms with Crippen molar-refractivity contribution in [3.05, 3.63) is 24.0 Å². The smallest absolute Gasteiger partial charge is 0.414 e. The number of anilines is 2. The van der Waals surface area contributed by atoms with Crippen molar-refractivity contribution in [3.63, 3.8) is 0 Å². The van der Waals surface area contributed by atoms with Crippen molar-refractivity contribution < 1.29 is 23.5 Å². The second kappa shape index (κ2) is 7.30. The first-order chi connectivity index (χ1) is 12.0. The number of benzene rings is 1. The van der Waals surface area contributed by atoms with Gasteiger partial charge in [-0.05, 0) is 18.2 Å². The van der Waals surface area contributed by atoms with E-state index < -0.39 is 18.0 Å². The Hall–Kier alpha value is -2.29. The third kappa shape index (κ3) is 3.87. The molecule has 0 bridgehead atoms. The van der Waals surface area contributed by atoms with Gasteiger partial charge in [0.2, 0.25) is 11.8 Å². The number of carbonyl (C=O) groups excluding carboxylic acids is 3. The van der Waals surface area contributed by atoms with Gasteiger partial charge in [0.15, 0.2) is 0 Å². The molecule has 0 aromatic heterocycles. The summed E-state index contributed by atoms with van der Waals surface area (Å²) >= 11 is 1.52. The summed E-state index contributed by atoms with van der Waals surface area (Å²) < 4.78 is 19.7. The first-order valence-corrected chi connectivity index (χ1v) is 9.01. The summed E-state index contributed by atoms with van der Waals surface area (Å²) in [5, 5.41) is 2.59. The second-order valence-electron chi connectivity index (χ2n) is 5.79. The highest BCUT2D eigenvalue weighted by Gasteiger charge is 2.33. The molecule has 1 N–H and O–H groups in total. The summed E-state index contributed by atoms with van der Waals surface area (Å²) in [5.74, 6) is 0.199. The van der Waals surface area contributed by atoms with E-state index >= 15 is 0 Å². The molecule has 2 fully saturated rings. The fraction of sp³-hybridized carbons (Fsp3) is 0.438. The number of cyclic esters (lactones) is 1. The molecular weight excluding hydrogens is 349 g/mol. The number of halogens is 1. The van der Waals surface area contributed by atoms with Crippen molar-refractivity contribution >= 4 is 41.0 Å². The van der Waals surface area contributed by atoms with Crippen LogP contribution in [0.5, 0.6) is 0 Å². The summed E-state index contributed by atoms with van der Waals surface area (Å²) in [7, 11) is 0. The Bertz CT molecular complexity index is 715. The minimum absolute atomic E-state index is 0.126. The third-order valence-corrected chi connectivity index (χ3v) is 4.89. The minimum Gasteiger partial charge on any atom is -0.442 e. The lowest BCUT2D eigenvalue weighted by Gasteiger charge is -2.27. The molecule has 0 spiro atoms. The number of carbonyl (C=O) groups is 3. The largest absolute Gasteiger partial charge is 0.442 e. The van der Waals surface area contributed by atoms with Crippen molar-refractivity contribution in [1.29, 1.82) is 0 Å². The van der Waals surface area contributed by atoms with Crippen molar-refractivity contribution in [2.75, 3.05) is 40.9 Å². The topological polar surface area (TPSA) is 79.0 Å². The van der Waals surface area contributed by atoms with Crippen LogP contribution in [0.25, 0.3) is 0 Å². The average molecular weight is 367 g/mol. The van der Waals surface area contributed by atoms with Crippen LogP contribution < -0.4 is 15.1 Å². The predicted molar refractivity (Wildman–Crippen MR) is 92.4 cm³/mol. The Balaban J connectivity index is 1.73. The molecule has 3 amide bonds. The number of hydrogen-bond donors (Lipinski definition) is 1. The third-order valence-electron chi connectivity index (χ3n) is 3.97. The van der Waals surface area contributed by atoms with Crippen molar-refractivity contribution in [2.45, 2.75) is 13.0 Å². The summed E-state index contributed by atoms with van der Waals surface area (Å²) in [5.41, 5.74) is 0.576. The zero-order chi connectivity index (χ0) is 18.0. The standard InChI is InChI=1S/C16H18FN3O4S/c1-10(21)18-7-12-8-20(16(23)24-12)11-2-3-14(13(17)6-11)19-4-5-25-9-15(19)22/h2-3,6,12H,4-5,7-9H2,1H3,(H,18,21)/t12-/m0/s1. The highest BCUT2D eigenvalue weighted by Crippen LogP contribution is 2.29. The van der Waals surface area contributed by atoms with Crippen molar-refractivity contribution in [3.8, 4) is 0 Å². The predicted octanol–water partition coefficient (Wildman–Crippen LogP) is 1.37. The van der Waals surface area contributed by atoms with E-state index in [4.69, 9.17) is 4.74 Å². The van der Waals surface area contributed by atoms with Crippen molar-refractivity contribution in [2.24, 2.45) is 0 Å². The van der Waals surface area contributed by atoms with E-state index in [9.17, 15) is 18.8 Å². The average Bonchev–Trinajstić information content (AvgIpc) is 2.95. The monoisotopic (exact) mass is 367 g/mol. The van der Waals surface area contributed by atoms with Crippen LogP contribution in [-0.2, 0) is 14.3 Å². The van der Waals surface area contributed by atoms with E-state index in [2.05, 4.69) is 5.32 Å². The van der Waals surface area contributed by atoms with Gasteiger partial charge >= 0.3 is 6.09 Å². The van der Waals surface area contributed by atoms with Crippen LogP contribution in [0.4, 0.5) is 20.6 Å². The van der Waals surface area contributed by atoms with E-state index in [1.165, 1.54) is 40.6 Å². The van der Waals surface area contributed by atoms with Gasteiger partial charge in [-0.25, -0.2) is 9.18 Å². The maximum Gasteiger partial charge on any atom is 0.414 e. The lowest BCUT2D eigenvalue weighted by molar-refractivity contribution is -0.119. The zero-order valence-electron chi connectivity index (χ0n) is 13.7. The SMILES string of the molecule is CC(=O)NC[C@H]1CN(c2ccc(N3CCSCC3=O)c(F)c2)C(=O)O1. The van der Waals surface area contributed by atoms with Crippen LogP contribution in [0.15, 0.2) is 18.2 Å². The number of amides is 3. The lowest BCUT2D eigenvalue weighted by atomic mass is 10.2. The molecule has 1 aromatic rings. The number of rotatable bonds is 4. The molecular formula is C16H18FN3O4S. The van der Waals surface area contributed by atoms with Gasteiger partial charge in [0, 0.05) is 19.2 Å². The van der Waals surface area contributed by atoms with E-state index in [1.807, 2.05) is 0 Å². The number of thioether (sulfide) groups is 1. The van der Waals surface area contributed by atoms with Gasteiger partial charge in [-0.2, -0.15) is 11.8 Å². The maximum atomic E-state index is 14.5. The van der Waals surface area contributed by atoms with Gasteiger partial charge < -0.3 is 15.0 Å². The number of ether oxygens (including phenoxy) is 1. The number of nitrogens with one attached hydrogen (secondary N) is 1. The lowest BCUT2D eigenvalue weighted by Crippen LogP contribution is -2.38. The summed E-state index contributed by atoms with van der Waals surface area (Å²) in [6.07, 6.45) is -1.08. The van der Waals surface area contributed by atoms with E-state index in [1.54, 1.807) is 6.07 Å². The molecule has 0 aliphatic carbocycles. The molecule has 9 heteroatoms. The fourth-order valence-corrected chi connectivity index (χ4v) is 3.54. The highest BCUT2D eigenvalue weighted by atomic mass is 32.2. The second-order valence-corrected chi connectivity index (χ2v) is 6.89. The molecule has 2 heterocycles. The maximum absolute atomic E-state index is 14.5. The zero-order valence-corrected chi connectivity index (χ0v) is 14.5. The normalized spacial score (nSPS) is 20.6. The Morgan fingerprint density at radius 1 is 1.40 bits per heavy atom. The van der Waals surface area contributed by atoms with Crippen LogP contribution in [0, 0.1) is 5.82 Å². The highest BCUT2D eigenvalue weighted by molar-refractivity contribution is 8.00. The number of nitrogens with zero attached hydrogens (tertiary/aromatic N) is 2.